The molecule has 182 valence electrons. The van der Waals surface area contributed by atoms with Gasteiger partial charge in [0, 0.05) is 58.0 Å². The van der Waals surface area contributed by atoms with Crippen LogP contribution in [-0.2, 0) is 4.74 Å². The molecule has 2 aliphatic heterocycles. The fourth-order valence-corrected chi connectivity index (χ4v) is 4.12. The van der Waals surface area contributed by atoms with E-state index in [1.807, 2.05) is 12.1 Å². The van der Waals surface area contributed by atoms with Crippen molar-refractivity contribution < 1.29 is 18.3 Å². The maximum atomic E-state index is 12.3. The van der Waals surface area contributed by atoms with Gasteiger partial charge in [-0.25, -0.2) is 0 Å². The number of nitrogens with one attached hydrogen (secondary N) is 2. The molecule has 2 heterocycles. The van der Waals surface area contributed by atoms with E-state index in [1.54, 1.807) is 19.2 Å². The van der Waals surface area contributed by atoms with Gasteiger partial charge in [-0.2, -0.15) is 8.78 Å². The molecule has 2 fully saturated rings. The number of rotatable bonds is 8. The highest BCUT2D eigenvalue weighted by Crippen LogP contribution is 2.23. The lowest BCUT2D eigenvalue weighted by Gasteiger charge is -2.35. The van der Waals surface area contributed by atoms with Gasteiger partial charge in [-0.1, -0.05) is 6.92 Å². The largest absolute Gasteiger partial charge is 0.435 e. The quantitative estimate of drug-likeness (QED) is 0.286. The zero-order chi connectivity index (χ0) is 22.1. The summed E-state index contributed by atoms with van der Waals surface area (Å²) >= 11 is 0. The first-order valence-electron chi connectivity index (χ1n) is 11.1. The molecule has 2 atom stereocenters. The molecule has 1 aromatic rings. The molecule has 0 saturated carbocycles. The molecule has 2 aliphatic rings. The van der Waals surface area contributed by atoms with Gasteiger partial charge in [-0.15, -0.1) is 24.0 Å². The van der Waals surface area contributed by atoms with E-state index in [2.05, 4.69) is 37.1 Å². The van der Waals surface area contributed by atoms with E-state index < -0.39 is 6.61 Å². The van der Waals surface area contributed by atoms with Gasteiger partial charge in [0.05, 0.1) is 13.2 Å². The zero-order valence-corrected chi connectivity index (χ0v) is 21.3. The molecule has 2 N–H and O–H groups in total. The Hall–Kier alpha value is -1.40. The zero-order valence-electron chi connectivity index (χ0n) is 18.9. The van der Waals surface area contributed by atoms with E-state index in [0.29, 0.717) is 5.92 Å². The average molecular weight is 567 g/mol. The number of aliphatic imine (C=N–C) groups is 1. The second-order valence-corrected chi connectivity index (χ2v) is 8.27. The molecule has 7 nitrogen and oxygen atoms in total. The first-order chi connectivity index (χ1) is 15.0. The molecule has 0 bridgehead atoms. The number of hydrogen-bond acceptors (Lipinski definition) is 5. The van der Waals surface area contributed by atoms with Crippen molar-refractivity contribution in [2.45, 2.75) is 32.4 Å². The molecular formula is C22H36F2IN5O2. The summed E-state index contributed by atoms with van der Waals surface area (Å²) < 4.78 is 34.6. The fraction of sp³-hybridized carbons (Fsp3) is 0.682. The van der Waals surface area contributed by atoms with Crippen LogP contribution in [0.25, 0.3) is 0 Å². The Morgan fingerprint density at radius 3 is 2.59 bits per heavy atom. The van der Waals surface area contributed by atoms with E-state index in [9.17, 15) is 8.78 Å². The van der Waals surface area contributed by atoms with Gasteiger partial charge in [-0.05, 0) is 43.0 Å². The number of hydrogen-bond donors (Lipinski definition) is 2. The maximum Gasteiger partial charge on any atom is 0.387 e. The van der Waals surface area contributed by atoms with Gasteiger partial charge in [-0.3, -0.25) is 9.89 Å². The summed E-state index contributed by atoms with van der Waals surface area (Å²) in [4.78, 5) is 9.11. The van der Waals surface area contributed by atoms with E-state index in [0.717, 1.165) is 77.0 Å². The molecular weight excluding hydrogens is 531 g/mol. The molecule has 0 aliphatic carbocycles. The van der Waals surface area contributed by atoms with Crippen molar-refractivity contribution in [1.29, 1.82) is 0 Å². The second-order valence-electron chi connectivity index (χ2n) is 8.27. The molecule has 0 spiro atoms. The van der Waals surface area contributed by atoms with Crippen molar-refractivity contribution in [3.05, 3.63) is 24.3 Å². The molecule has 2 unspecified atom stereocenters. The highest BCUT2D eigenvalue weighted by molar-refractivity contribution is 14.0. The SMILES string of the molecule is CN=C(NCC(C)CN1CCOCC1)NC1CCCN(c2ccc(OC(F)F)cc2)C1.I. The number of alkyl halides is 2. The lowest BCUT2D eigenvalue weighted by Crippen LogP contribution is -2.52. The van der Waals surface area contributed by atoms with Gasteiger partial charge < -0.3 is 25.0 Å². The molecule has 2 saturated heterocycles. The van der Waals surface area contributed by atoms with Crippen molar-refractivity contribution in [1.82, 2.24) is 15.5 Å². The van der Waals surface area contributed by atoms with Crippen molar-refractivity contribution in [2.24, 2.45) is 10.9 Å². The normalized spacial score (nSPS) is 21.1. The predicted molar refractivity (Wildman–Crippen MR) is 135 cm³/mol. The van der Waals surface area contributed by atoms with E-state index >= 15 is 0 Å². The van der Waals surface area contributed by atoms with E-state index in [-0.39, 0.29) is 35.8 Å². The number of piperidine rings is 1. The van der Waals surface area contributed by atoms with Crippen LogP contribution in [0, 0.1) is 5.92 Å². The highest BCUT2D eigenvalue weighted by Gasteiger charge is 2.21. The minimum atomic E-state index is -2.80. The van der Waals surface area contributed by atoms with Gasteiger partial charge >= 0.3 is 6.61 Å². The number of nitrogens with zero attached hydrogens (tertiary/aromatic N) is 3. The minimum Gasteiger partial charge on any atom is -0.435 e. The van der Waals surface area contributed by atoms with E-state index in [1.165, 1.54) is 0 Å². The molecule has 10 heteroatoms. The van der Waals surface area contributed by atoms with Gasteiger partial charge in [0.1, 0.15) is 5.75 Å². The second kappa shape index (κ2) is 14.0. The lowest BCUT2D eigenvalue weighted by molar-refractivity contribution is -0.0498. The lowest BCUT2D eigenvalue weighted by atomic mass is 10.0. The number of morpholine rings is 1. The van der Waals surface area contributed by atoms with Crippen LogP contribution in [0.5, 0.6) is 5.75 Å². The fourth-order valence-electron chi connectivity index (χ4n) is 4.12. The third-order valence-corrected chi connectivity index (χ3v) is 5.70. The van der Waals surface area contributed by atoms with Crippen LogP contribution in [-0.4, -0.2) is 83.0 Å². The van der Waals surface area contributed by atoms with Crippen LogP contribution in [0.1, 0.15) is 19.8 Å². The predicted octanol–water partition coefficient (Wildman–Crippen LogP) is 3.01. The number of anilines is 1. The molecule has 3 rings (SSSR count). The van der Waals surface area contributed by atoms with Crippen molar-refractivity contribution in [3.8, 4) is 5.75 Å². The maximum absolute atomic E-state index is 12.3. The van der Waals surface area contributed by atoms with Gasteiger partial charge in [0.15, 0.2) is 5.96 Å². The van der Waals surface area contributed by atoms with Crippen LogP contribution in [0.4, 0.5) is 14.5 Å². The van der Waals surface area contributed by atoms with Crippen LogP contribution in [0.15, 0.2) is 29.3 Å². The molecule has 32 heavy (non-hydrogen) atoms. The number of guanidine groups is 1. The summed E-state index contributed by atoms with van der Waals surface area (Å²) in [5, 5.41) is 7.00. The Bertz CT molecular complexity index is 689. The highest BCUT2D eigenvalue weighted by atomic mass is 127. The summed E-state index contributed by atoms with van der Waals surface area (Å²) in [5.41, 5.74) is 1.01. The summed E-state index contributed by atoms with van der Waals surface area (Å²) in [7, 11) is 1.80. The number of benzene rings is 1. The van der Waals surface area contributed by atoms with Crippen molar-refractivity contribution >= 4 is 35.6 Å². The van der Waals surface area contributed by atoms with Crippen molar-refractivity contribution in [3.63, 3.8) is 0 Å². The average Bonchev–Trinajstić information content (AvgIpc) is 2.77. The Balaban J connectivity index is 0.00000363. The van der Waals surface area contributed by atoms with E-state index in [4.69, 9.17) is 4.74 Å². The Morgan fingerprint density at radius 1 is 1.22 bits per heavy atom. The summed E-state index contributed by atoms with van der Waals surface area (Å²) in [5.74, 6) is 1.51. The summed E-state index contributed by atoms with van der Waals surface area (Å²) in [6, 6.07) is 7.12. The van der Waals surface area contributed by atoms with Gasteiger partial charge in [0.25, 0.3) is 0 Å². The third-order valence-electron chi connectivity index (χ3n) is 5.70. The topological polar surface area (TPSA) is 61.4 Å². The Labute approximate surface area is 206 Å². The molecule has 0 amide bonds. The first kappa shape index (κ1) is 26.8. The Morgan fingerprint density at radius 2 is 1.94 bits per heavy atom. The summed E-state index contributed by atoms with van der Waals surface area (Å²) in [6.07, 6.45) is 2.12. The first-order valence-corrected chi connectivity index (χ1v) is 11.1. The van der Waals surface area contributed by atoms with Crippen molar-refractivity contribution in [2.75, 3.05) is 64.4 Å². The third kappa shape index (κ3) is 8.86. The number of ether oxygens (including phenoxy) is 2. The standard InChI is InChI=1S/C22H35F2N5O2.HI/c1-17(15-28-10-12-30-13-11-28)14-26-22(25-2)27-18-4-3-9-29(16-18)19-5-7-20(8-6-19)31-21(23)24;/h5-8,17-18,21H,3-4,9-16H2,1-2H3,(H2,25,26,27);1H. The molecule has 1 aromatic carbocycles. The van der Waals surface area contributed by atoms with Crippen LogP contribution >= 0.6 is 24.0 Å². The minimum absolute atomic E-state index is 0. The Kier molecular flexibility index (Phi) is 11.7. The monoisotopic (exact) mass is 567 g/mol. The van der Waals surface area contributed by atoms with Crippen LogP contribution in [0.2, 0.25) is 0 Å². The van der Waals surface area contributed by atoms with Crippen LogP contribution in [0.3, 0.4) is 0 Å². The summed E-state index contributed by atoms with van der Waals surface area (Å²) in [6.45, 7) is 6.79. The molecule has 0 radical (unpaired) electrons. The molecule has 0 aromatic heterocycles. The van der Waals surface area contributed by atoms with Gasteiger partial charge in [0.2, 0.25) is 0 Å². The number of halogens is 3. The smallest absolute Gasteiger partial charge is 0.387 e. The van der Waals surface area contributed by atoms with Crippen LogP contribution < -0.4 is 20.3 Å².